The summed E-state index contributed by atoms with van der Waals surface area (Å²) in [6.45, 7) is 2.14. The number of rotatable bonds is 8. The first-order valence-corrected chi connectivity index (χ1v) is 7.81. The van der Waals surface area contributed by atoms with Gasteiger partial charge in [-0.1, -0.05) is 35.9 Å². The summed E-state index contributed by atoms with van der Waals surface area (Å²) in [5.41, 5.74) is 2.39. The Kier molecular flexibility index (Phi) is 6.00. The van der Waals surface area contributed by atoms with Crippen LogP contribution in [0.15, 0.2) is 42.0 Å². The van der Waals surface area contributed by atoms with Crippen molar-refractivity contribution in [2.75, 3.05) is 6.61 Å². The fraction of sp³-hybridized carbons (Fsp3) is 0.500. The van der Waals surface area contributed by atoms with Gasteiger partial charge in [0, 0.05) is 18.7 Å². The fourth-order valence-electron chi connectivity index (χ4n) is 2.57. The van der Waals surface area contributed by atoms with E-state index in [0.717, 1.165) is 18.4 Å². The molecule has 0 aliphatic heterocycles. The van der Waals surface area contributed by atoms with Crippen molar-refractivity contribution in [3.05, 3.63) is 47.5 Å². The maximum atomic E-state index is 12.0. The largest absolute Gasteiger partial charge is 0.396 e. The number of aliphatic hydroxyl groups excluding tert-OH is 1. The van der Waals surface area contributed by atoms with E-state index in [-0.39, 0.29) is 18.6 Å². The molecule has 3 heteroatoms. The molecule has 0 aromatic heterocycles. The number of hydrogen-bond acceptors (Lipinski definition) is 2. The minimum absolute atomic E-state index is 0.0223. The van der Waals surface area contributed by atoms with E-state index in [9.17, 15) is 4.79 Å². The summed E-state index contributed by atoms with van der Waals surface area (Å²) in [6.07, 6.45) is 6.55. The molecule has 2 N–H and O–H groups in total. The summed E-state index contributed by atoms with van der Waals surface area (Å²) in [4.78, 5) is 12.0. The van der Waals surface area contributed by atoms with Gasteiger partial charge in [-0.3, -0.25) is 4.79 Å². The minimum atomic E-state index is -0.0223. The molecule has 3 nitrogen and oxygen atoms in total. The van der Waals surface area contributed by atoms with Crippen molar-refractivity contribution in [2.24, 2.45) is 5.92 Å². The van der Waals surface area contributed by atoms with Gasteiger partial charge in [-0.15, -0.1) is 0 Å². The van der Waals surface area contributed by atoms with Gasteiger partial charge >= 0.3 is 0 Å². The van der Waals surface area contributed by atoms with Crippen molar-refractivity contribution in [2.45, 2.75) is 45.1 Å². The average Bonchev–Trinajstić information content (AvgIpc) is 3.30. The molecule has 1 atom stereocenters. The van der Waals surface area contributed by atoms with Crippen molar-refractivity contribution in [1.82, 2.24) is 5.32 Å². The summed E-state index contributed by atoms with van der Waals surface area (Å²) < 4.78 is 0. The SMILES string of the molecule is C/C(=C/C(=O)NC(CCO)C1CC1)CCc1ccccc1. The Morgan fingerprint density at radius 1 is 1.38 bits per heavy atom. The molecule has 1 unspecified atom stereocenters. The van der Waals surface area contributed by atoms with E-state index in [1.165, 1.54) is 18.4 Å². The first-order chi connectivity index (χ1) is 10.2. The molecule has 114 valence electrons. The topological polar surface area (TPSA) is 49.3 Å². The van der Waals surface area contributed by atoms with E-state index in [1.54, 1.807) is 6.08 Å². The lowest BCUT2D eigenvalue weighted by Gasteiger charge is -2.16. The molecule has 21 heavy (non-hydrogen) atoms. The molecule has 1 fully saturated rings. The number of carbonyl (C=O) groups excluding carboxylic acids is 1. The highest BCUT2D eigenvalue weighted by molar-refractivity contribution is 5.88. The maximum absolute atomic E-state index is 12.0. The van der Waals surface area contributed by atoms with Crippen LogP contribution in [-0.4, -0.2) is 23.7 Å². The third kappa shape index (κ3) is 5.72. The van der Waals surface area contributed by atoms with Gasteiger partial charge in [0.15, 0.2) is 0 Å². The number of aryl methyl sites for hydroxylation is 1. The first kappa shape index (κ1) is 15.8. The van der Waals surface area contributed by atoms with Crippen LogP contribution >= 0.6 is 0 Å². The second-order valence-corrected chi connectivity index (χ2v) is 5.94. The Hall–Kier alpha value is -1.61. The third-order valence-electron chi connectivity index (χ3n) is 3.99. The molecule has 1 amide bonds. The molecule has 2 rings (SSSR count). The molecule has 0 saturated heterocycles. The number of benzene rings is 1. The lowest BCUT2D eigenvalue weighted by molar-refractivity contribution is -0.117. The van der Waals surface area contributed by atoms with E-state index in [2.05, 4.69) is 17.4 Å². The van der Waals surface area contributed by atoms with Crippen LogP contribution in [0.4, 0.5) is 0 Å². The average molecular weight is 287 g/mol. The molecule has 0 bridgehead atoms. The molecule has 0 radical (unpaired) electrons. The van der Waals surface area contributed by atoms with Crippen molar-refractivity contribution in [3.8, 4) is 0 Å². The summed E-state index contributed by atoms with van der Waals surface area (Å²) in [5.74, 6) is 0.546. The molecule has 1 aromatic carbocycles. The number of hydrogen-bond donors (Lipinski definition) is 2. The number of amides is 1. The van der Waals surface area contributed by atoms with Gasteiger partial charge in [0.05, 0.1) is 0 Å². The van der Waals surface area contributed by atoms with Crippen LogP contribution in [0.1, 0.15) is 38.2 Å². The van der Waals surface area contributed by atoms with E-state index >= 15 is 0 Å². The molecule has 1 saturated carbocycles. The zero-order chi connectivity index (χ0) is 15.1. The van der Waals surface area contributed by atoms with Crippen LogP contribution in [-0.2, 0) is 11.2 Å². The highest BCUT2D eigenvalue weighted by Crippen LogP contribution is 2.33. The van der Waals surface area contributed by atoms with Crippen molar-refractivity contribution < 1.29 is 9.90 Å². The van der Waals surface area contributed by atoms with Gasteiger partial charge < -0.3 is 10.4 Å². The Morgan fingerprint density at radius 3 is 2.71 bits per heavy atom. The fourth-order valence-corrected chi connectivity index (χ4v) is 2.57. The zero-order valence-corrected chi connectivity index (χ0v) is 12.7. The quantitative estimate of drug-likeness (QED) is 0.722. The highest BCUT2D eigenvalue weighted by atomic mass is 16.3. The second kappa shape index (κ2) is 7.99. The van der Waals surface area contributed by atoms with Crippen LogP contribution < -0.4 is 5.32 Å². The predicted molar refractivity (Wildman–Crippen MR) is 84.9 cm³/mol. The van der Waals surface area contributed by atoms with E-state index in [0.29, 0.717) is 12.3 Å². The van der Waals surface area contributed by atoms with Crippen LogP contribution in [0, 0.1) is 5.92 Å². The van der Waals surface area contributed by atoms with Gasteiger partial charge in [0.1, 0.15) is 0 Å². The van der Waals surface area contributed by atoms with Crippen molar-refractivity contribution in [3.63, 3.8) is 0 Å². The van der Waals surface area contributed by atoms with E-state index in [1.807, 2.05) is 25.1 Å². The summed E-state index contributed by atoms with van der Waals surface area (Å²) in [7, 11) is 0. The van der Waals surface area contributed by atoms with Crippen LogP contribution in [0.3, 0.4) is 0 Å². The number of allylic oxidation sites excluding steroid dienone is 1. The van der Waals surface area contributed by atoms with Crippen LogP contribution in [0.2, 0.25) is 0 Å². The number of aliphatic hydroxyl groups is 1. The molecule has 0 heterocycles. The van der Waals surface area contributed by atoms with Crippen molar-refractivity contribution in [1.29, 1.82) is 0 Å². The lowest BCUT2D eigenvalue weighted by atomic mass is 10.0. The molecule has 1 aliphatic carbocycles. The maximum Gasteiger partial charge on any atom is 0.244 e. The molecular weight excluding hydrogens is 262 g/mol. The Balaban J connectivity index is 1.79. The van der Waals surface area contributed by atoms with E-state index < -0.39 is 0 Å². The Morgan fingerprint density at radius 2 is 2.10 bits per heavy atom. The van der Waals surface area contributed by atoms with Gasteiger partial charge in [-0.25, -0.2) is 0 Å². The third-order valence-corrected chi connectivity index (χ3v) is 3.99. The predicted octanol–water partition coefficient (Wildman–Crippen LogP) is 2.84. The molecule has 1 aromatic rings. The van der Waals surface area contributed by atoms with Crippen molar-refractivity contribution >= 4 is 5.91 Å². The Labute approximate surface area is 127 Å². The molecule has 0 spiro atoms. The molecular formula is C18H25NO2. The summed E-state index contributed by atoms with van der Waals surface area (Å²) in [6, 6.07) is 10.4. The number of nitrogens with one attached hydrogen (secondary N) is 1. The zero-order valence-electron chi connectivity index (χ0n) is 12.7. The van der Waals surface area contributed by atoms with Crippen LogP contribution in [0.5, 0.6) is 0 Å². The second-order valence-electron chi connectivity index (χ2n) is 5.94. The molecule has 1 aliphatic rings. The smallest absolute Gasteiger partial charge is 0.244 e. The highest BCUT2D eigenvalue weighted by Gasteiger charge is 2.31. The van der Waals surface area contributed by atoms with Gasteiger partial charge in [0.25, 0.3) is 0 Å². The summed E-state index contributed by atoms with van der Waals surface area (Å²) >= 11 is 0. The first-order valence-electron chi connectivity index (χ1n) is 7.81. The monoisotopic (exact) mass is 287 g/mol. The minimum Gasteiger partial charge on any atom is -0.396 e. The number of carbonyl (C=O) groups is 1. The van der Waals surface area contributed by atoms with Crippen LogP contribution in [0.25, 0.3) is 0 Å². The van der Waals surface area contributed by atoms with Gasteiger partial charge in [0.2, 0.25) is 5.91 Å². The summed E-state index contributed by atoms with van der Waals surface area (Å²) in [5, 5.41) is 12.1. The lowest BCUT2D eigenvalue weighted by Crippen LogP contribution is -2.36. The van der Waals surface area contributed by atoms with Gasteiger partial charge in [-0.05, 0) is 50.5 Å². The normalized spacial score (nSPS) is 16.6. The standard InChI is InChI=1S/C18H25NO2/c1-14(7-8-15-5-3-2-4-6-15)13-18(21)19-17(11-12-20)16-9-10-16/h2-6,13,16-17,20H,7-12H2,1H3,(H,19,21)/b14-13-. The van der Waals surface area contributed by atoms with E-state index in [4.69, 9.17) is 5.11 Å². The van der Waals surface area contributed by atoms with Gasteiger partial charge in [-0.2, -0.15) is 0 Å². The Bertz CT molecular complexity index is 477.